The van der Waals surface area contributed by atoms with Crippen LogP contribution in [0.4, 0.5) is 0 Å². The number of para-hydroxylation sites is 1. The van der Waals surface area contributed by atoms with Crippen molar-refractivity contribution in [2.24, 2.45) is 0 Å². The second kappa shape index (κ2) is 6.21. The second-order valence-electron chi connectivity index (χ2n) is 4.26. The summed E-state index contributed by atoms with van der Waals surface area (Å²) in [5, 5.41) is 12.4. The van der Waals surface area contributed by atoms with E-state index in [4.69, 9.17) is 19.1 Å². The monoisotopic (exact) mass is 277 g/mol. The molecule has 0 aliphatic rings. The maximum atomic E-state index is 10.8. The summed E-state index contributed by atoms with van der Waals surface area (Å²) >= 11 is 0. The van der Waals surface area contributed by atoms with E-state index in [-0.39, 0.29) is 11.8 Å². The van der Waals surface area contributed by atoms with Gasteiger partial charge in [0.25, 0.3) is 0 Å². The number of aromatic carboxylic acids is 1. The van der Waals surface area contributed by atoms with Gasteiger partial charge in [0.2, 0.25) is 0 Å². The van der Waals surface area contributed by atoms with Crippen LogP contribution >= 0.6 is 0 Å². The molecule has 1 heterocycles. The van der Waals surface area contributed by atoms with Crippen molar-refractivity contribution in [3.8, 4) is 17.1 Å². The lowest BCUT2D eigenvalue weighted by Gasteiger charge is -2.15. The maximum absolute atomic E-state index is 10.8. The summed E-state index contributed by atoms with van der Waals surface area (Å²) in [7, 11) is 1.60. The molecule has 0 saturated heterocycles. The zero-order valence-corrected chi connectivity index (χ0v) is 11.2. The first-order valence-corrected chi connectivity index (χ1v) is 6.07. The van der Waals surface area contributed by atoms with Crippen LogP contribution in [0, 0.1) is 0 Å². The van der Waals surface area contributed by atoms with Gasteiger partial charge in [0.05, 0.1) is 12.2 Å². The first-order valence-electron chi connectivity index (χ1n) is 6.07. The average Bonchev–Trinajstić information content (AvgIpc) is 2.89. The summed E-state index contributed by atoms with van der Waals surface area (Å²) in [5.74, 6) is -0.195. The Morgan fingerprint density at radius 3 is 2.85 bits per heavy atom. The SMILES string of the molecule is COCC(C)Oc1ccccc1-c1cc(C(=O)O)no1. The van der Waals surface area contributed by atoms with Crippen LogP contribution in [0.3, 0.4) is 0 Å². The summed E-state index contributed by atoms with van der Waals surface area (Å²) in [5.41, 5.74) is 0.509. The third-order valence-electron chi connectivity index (χ3n) is 2.61. The molecule has 1 aromatic heterocycles. The number of carboxylic acids is 1. The molecule has 0 amide bonds. The molecule has 2 aromatic rings. The van der Waals surface area contributed by atoms with Gasteiger partial charge in [-0.05, 0) is 19.1 Å². The predicted molar refractivity (Wildman–Crippen MR) is 70.9 cm³/mol. The third kappa shape index (κ3) is 3.16. The lowest BCUT2D eigenvalue weighted by molar-refractivity contribution is 0.0686. The Bertz CT molecular complexity index is 593. The van der Waals surface area contributed by atoms with Gasteiger partial charge in [-0.25, -0.2) is 4.79 Å². The minimum Gasteiger partial charge on any atom is -0.488 e. The second-order valence-corrected chi connectivity index (χ2v) is 4.26. The zero-order chi connectivity index (χ0) is 14.5. The Balaban J connectivity index is 2.28. The number of rotatable bonds is 6. The van der Waals surface area contributed by atoms with Gasteiger partial charge < -0.3 is 19.1 Å². The summed E-state index contributed by atoms with van der Waals surface area (Å²) in [6.45, 7) is 2.33. The molecule has 1 N–H and O–H groups in total. The predicted octanol–water partition coefficient (Wildman–Crippen LogP) is 2.45. The van der Waals surface area contributed by atoms with Crippen LogP contribution in [0.25, 0.3) is 11.3 Å². The van der Waals surface area contributed by atoms with Gasteiger partial charge in [0.1, 0.15) is 11.9 Å². The lowest BCUT2D eigenvalue weighted by atomic mass is 10.1. The van der Waals surface area contributed by atoms with Crippen LogP contribution in [-0.4, -0.2) is 36.1 Å². The van der Waals surface area contributed by atoms with Crippen molar-refractivity contribution in [3.63, 3.8) is 0 Å². The van der Waals surface area contributed by atoms with Crippen LogP contribution in [0.5, 0.6) is 5.75 Å². The molecule has 0 radical (unpaired) electrons. The van der Waals surface area contributed by atoms with E-state index in [9.17, 15) is 4.79 Å². The number of hydrogen-bond donors (Lipinski definition) is 1. The molecular weight excluding hydrogens is 262 g/mol. The van der Waals surface area contributed by atoms with Gasteiger partial charge in [0, 0.05) is 13.2 Å². The number of benzene rings is 1. The quantitative estimate of drug-likeness (QED) is 0.873. The van der Waals surface area contributed by atoms with Crippen LogP contribution < -0.4 is 4.74 Å². The van der Waals surface area contributed by atoms with Gasteiger partial charge in [0.15, 0.2) is 11.5 Å². The van der Waals surface area contributed by atoms with Gasteiger partial charge in [-0.3, -0.25) is 0 Å². The maximum Gasteiger partial charge on any atom is 0.358 e. The molecule has 0 spiro atoms. The van der Waals surface area contributed by atoms with E-state index >= 15 is 0 Å². The van der Waals surface area contributed by atoms with Crippen molar-refractivity contribution >= 4 is 5.97 Å². The minimum atomic E-state index is -1.13. The number of carboxylic acid groups (broad SMARTS) is 1. The highest BCUT2D eigenvalue weighted by molar-refractivity contribution is 5.86. The normalized spacial score (nSPS) is 12.1. The third-order valence-corrected chi connectivity index (χ3v) is 2.61. The Labute approximate surface area is 115 Å². The lowest BCUT2D eigenvalue weighted by Crippen LogP contribution is -2.18. The summed E-state index contributed by atoms with van der Waals surface area (Å²) in [4.78, 5) is 10.8. The molecule has 6 nitrogen and oxygen atoms in total. The van der Waals surface area contributed by atoms with Crippen molar-refractivity contribution in [2.45, 2.75) is 13.0 Å². The molecule has 1 aromatic carbocycles. The molecule has 0 aliphatic carbocycles. The Morgan fingerprint density at radius 2 is 2.20 bits per heavy atom. The van der Waals surface area contributed by atoms with Gasteiger partial charge >= 0.3 is 5.97 Å². The molecule has 0 aliphatic heterocycles. The molecule has 6 heteroatoms. The molecule has 0 fully saturated rings. The first-order chi connectivity index (χ1) is 9.61. The highest BCUT2D eigenvalue weighted by atomic mass is 16.5. The smallest absolute Gasteiger partial charge is 0.358 e. The largest absolute Gasteiger partial charge is 0.488 e. The number of aromatic nitrogens is 1. The van der Waals surface area contributed by atoms with E-state index in [1.54, 1.807) is 19.2 Å². The first kappa shape index (κ1) is 14.1. The average molecular weight is 277 g/mol. The molecule has 1 unspecified atom stereocenters. The molecule has 1 atom stereocenters. The number of nitrogens with zero attached hydrogens (tertiary/aromatic N) is 1. The summed E-state index contributed by atoms with van der Waals surface area (Å²) in [6.07, 6.45) is -0.136. The molecule has 0 saturated carbocycles. The summed E-state index contributed by atoms with van der Waals surface area (Å²) in [6, 6.07) is 8.57. The van der Waals surface area contributed by atoms with E-state index in [0.717, 1.165) is 0 Å². The van der Waals surface area contributed by atoms with Gasteiger partial charge in [-0.1, -0.05) is 17.3 Å². The number of carbonyl (C=O) groups is 1. The number of methoxy groups -OCH3 is 1. The zero-order valence-electron chi connectivity index (χ0n) is 11.2. The summed E-state index contributed by atoms with van der Waals surface area (Å²) < 4.78 is 15.8. The van der Waals surface area contributed by atoms with E-state index in [1.165, 1.54) is 6.07 Å². The van der Waals surface area contributed by atoms with E-state index in [1.807, 2.05) is 19.1 Å². The van der Waals surface area contributed by atoms with Gasteiger partial charge in [-0.2, -0.15) is 0 Å². The molecular formula is C14H15NO5. The van der Waals surface area contributed by atoms with Crippen molar-refractivity contribution in [3.05, 3.63) is 36.0 Å². The molecule has 0 bridgehead atoms. The highest BCUT2D eigenvalue weighted by Crippen LogP contribution is 2.31. The fourth-order valence-electron chi connectivity index (χ4n) is 1.76. The fourth-order valence-corrected chi connectivity index (χ4v) is 1.76. The molecule has 2 rings (SSSR count). The van der Waals surface area contributed by atoms with Crippen LogP contribution in [-0.2, 0) is 4.74 Å². The standard InChI is InChI=1S/C14H15NO5/c1-9(8-18-2)19-12-6-4-3-5-10(12)13-7-11(14(16)17)15-20-13/h3-7,9H,8H2,1-2H3,(H,16,17). The van der Waals surface area contributed by atoms with Crippen LogP contribution in [0.2, 0.25) is 0 Å². The van der Waals surface area contributed by atoms with E-state index < -0.39 is 5.97 Å². The van der Waals surface area contributed by atoms with Crippen LogP contribution in [0.1, 0.15) is 17.4 Å². The Hall–Kier alpha value is -2.34. The van der Waals surface area contributed by atoms with Crippen molar-refractivity contribution in [2.75, 3.05) is 13.7 Å². The van der Waals surface area contributed by atoms with Crippen molar-refractivity contribution in [1.29, 1.82) is 0 Å². The van der Waals surface area contributed by atoms with Crippen molar-refractivity contribution < 1.29 is 23.9 Å². The van der Waals surface area contributed by atoms with Crippen molar-refractivity contribution in [1.82, 2.24) is 5.16 Å². The minimum absolute atomic E-state index is 0.136. The van der Waals surface area contributed by atoms with Crippen LogP contribution in [0.15, 0.2) is 34.9 Å². The van der Waals surface area contributed by atoms with E-state index in [2.05, 4.69) is 5.16 Å². The van der Waals surface area contributed by atoms with Gasteiger partial charge in [-0.15, -0.1) is 0 Å². The molecule has 20 heavy (non-hydrogen) atoms. The molecule has 106 valence electrons. The number of ether oxygens (including phenoxy) is 2. The topological polar surface area (TPSA) is 81.8 Å². The van der Waals surface area contributed by atoms with E-state index in [0.29, 0.717) is 23.7 Å². The fraction of sp³-hybridized carbons (Fsp3) is 0.286. The Kier molecular flexibility index (Phi) is 4.37. The number of hydrogen-bond acceptors (Lipinski definition) is 5. The highest BCUT2D eigenvalue weighted by Gasteiger charge is 2.16. The Morgan fingerprint density at radius 1 is 1.45 bits per heavy atom.